The van der Waals surface area contributed by atoms with Crippen molar-refractivity contribution in [2.75, 3.05) is 41.0 Å². The van der Waals surface area contributed by atoms with Crippen molar-refractivity contribution in [3.05, 3.63) is 109 Å². The number of carbonyl (C=O) groups is 3. The number of esters is 2. The molecule has 2 unspecified atom stereocenters. The van der Waals surface area contributed by atoms with Crippen molar-refractivity contribution in [3.8, 4) is 0 Å². The van der Waals surface area contributed by atoms with Crippen LogP contribution in [0.2, 0.25) is 0 Å². The highest BCUT2D eigenvalue weighted by Crippen LogP contribution is 2.14. The molecule has 8 heteroatoms. The fourth-order valence-corrected chi connectivity index (χ4v) is 7.15. The first kappa shape index (κ1) is 63.0. The molecular formula is C59H97NO7. The summed E-state index contributed by atoms with van der Waals surface area (Å²) in [6, 6.07) is -0.738. The largest absolute Gasteiger partial charge is 0.544 e. The third-order valence-corrected chi connectivity index (χ3v) is 11.2. The van der Waals surface area contributed by atoms with Crippen LogP contribution in [-0.2, 0) is 28.6 Å². The van der Waals surface area contributed by atoms with E-state index < -0.39 is 18.1 Å². The van der Waals surface area contributed by atoms with Crippen LogP contribution < -0.4 is 5.11 Å². The molecule has 0 heterocycles. The van der Waals surface area contributed by atoms with Gasteiger partial charge in [0, 0.05) is 19.3 Å². The maximum absolute atomic E-state index is 12.8. The number of ether oxygens (including phenoxy) is 3. The Morgan fingerprint density at radius 3 is 1.16 bits per heavy atom. The quantitative estimate of drug-likeness (QED) is 0.0259. The van der Waals surface area contributed by atoms with Crippen LogP contribution in [0, 0.1) is 0 Å². The predicted octanol–water partition coefficient (Wildman–Crippen LogP) is 14.3. The number of allylic oxidation sites excluding steroid dienone is 18. The Labute approximate surface area is 410 Å². The van der Waals surface area contributed by atoms with Gasteiger partial charge in [-0.1, -0.05) is 187 Å². The fourth-order valence-electron chi connectivity index (χ4n) is 7.15. The normalized spacial score (nSPS) is 13.7. The van der Waals surface area contributed by atoms with Crippen LogP contribution >= 0.6 is 0 Å². The van der Waals surface area contributed by atoms with Crippen molar-refractivity contribution < 1.29 is 38.2 Å². The number of nitrogens with zero attached hydrogens (tertiary/aromatic N) is 1. The Kier molecular flexibility index (Phi) is 45.5. The summed E-state index contributed by atoms with van der Waals surface area (Å²) in [7, 11) is 5.40. The van der Waals surface area contributed by atoms with Gasteiger partial charge in [-0.3, -0.25) is 9.59 Å². The molecule has 0 N–H and O–H groups in total. The average Bonchev–Trinajstić information content (AvgIpc) is 3.29. The molecule has 0 aromatic heterocycles. The van der Waals surface area contributed by atoms with Gasteiger partial charge in [-0.2, -0.15) is 0 Å². The molecule has 0 aliphatic carbocycles. The maximum Gasteiger partial charge on any atom is 0.306 e. The Morgan fingerprint density at radius 2 is 0.791 bits per heavy atom. The number of likely N-dealkylation sites (N-methyl/N-ethyl adjacent to an activating group) is 1. The first-order valence-electron chi connectivity index (χ1n) is 26.4. The number of rotatable bonds is 46. The van der Waals surface area contributed by atoms with Gasteiger partial charge in [0.1, 0.15) is 12.6 Å². The topological polar surface area (TPSA) is 102 Å². The molecule has 0 saturated heterocycles. The van der Waals surface area contributed by atoms with E-state index in [2.05, 4.69) is 123 Å². The van der Waals surface area contributed by atoms with Gasteiger partial charge in [0.05, 0.1) is 40.3 Å². The Hall–Kier alpha value is -4.01. The lowest BCUT2D eigenvalue weighted by Crippen LogP contribution is -2.55. The summed E-state index contributed by atoms with van der Waals surface area (Å²) < 4.78 is 17.2. The molecule has 0 amide bonds. The van der Waals surface area contributed by atoms with Gasteiger partial charge >= 0.3 is 11.9 Å². The predicted molar refractivity (Wildman–Crippen MR) is 281 cm³/mol. The third kappa shape index (κ3) is 46.9. The average molecular weight is 932 g/mol. The van der Waals surface area contributed by atoms with E-state index in [0.717, 1.165) is 109 Å². The Balaban J connectivity index is 4.31. The molecule has 0 aromatic rings. The van der Waals surface area contributed by atoms with Crippen molar-refractivity contribution in [2.45, 2.75) is 206 Å². The van der Waals surface area contributed by atoms with Crippen molar-refractivity contribution in [2.24, 2.45) is 0 Å². The van der Waals surface area contributed by atoms with Gasteiger partial charge < -0.3 is 28.6 Å². The smallest absolute Gasteiger partial charge is 0.306 e. The fraction of sp³-hybridized carbons (Fsp3) is 0.644. The van der Waals surface area contributed by atoms with E-state index in [-0.39, 0.29) is 42.7 Å². The number of aliphatic carboxylic acids is 1. The lowest BCUT2D eigenvalue weighted by Gasteiger charge is -2.34. The van der Waals surface area contributed by atoms with E-state index in [9.17, 15) is 19.5 Å². The van der Waals surface area contributed by atoms with Crippen LogP contribution in [-0.4, -0.2) is 75.5 Å². The summed E-state index contributed by atoms with van der Waals surface area (Å²) in [6.45, 7) is 4.40. The van der Waals surface area contributed by atoms with Crippen LogP contribution in [0.3, 0.4) is 0 Å². The SMILES string of the molecule is CC/C=C/C/C=C/C/C=C/C/C=C/C/C=C/C/C=C/CCCCCCC(=O)OCC(COCCC(C(=O)[O-])[N+](C)(C)C)OC(=O)CCCCCCCCCCCC/C=C/C/C=C/C/C=C/CC. The summed E-state index contributed by atoms with van der Waals surface area (Å²) in [6.07, 6.45) is 66.9. The molecule has 8 nitrogen and oxygen atoms in total. The van der Waals surface area contributed by atoms with E-state index >= 15 is 0 Å². The highest BCUT2D eigenvalue weighted by atomic mass is 16.6. The van der Waals surface area contributed by atoms with E-state index in [4.69, 9.17) is 14.2 Å². The molecule has 0 aliphatic heterocycles. The molecule has 0 fully saturated rings. The highest BCUT2D eigenvalue weighted by Gasteiger charge is 2.25. The number of carbonyl (C=O) groups excluding carboxylic acids is 3. The summed E-state index contributed by atoms with van der Waals surface area (Å²) in [4.78, 5) is 37.1. The third-order valence-electron chi connectivity index (χ3n) is 11.2. The van der Waals surface area contributed by atoms with Gasteiger partial charge in [0.2, 0.25) is 0 Å². The van der Waals surface area contributed by atoms with Gasteiger partial charge in [-0.05, 0) is 96.3 Å². The molecular weight excluding hydrogens is 835 g/mol. The van der Waals surface area contributed by atoms with Crippen molar-refractivity contribution >= 4 is 17.9 Å². The number of hydrogen-bond acceptors (Lipinski definition) is 7. The number of carboxylic acids is 1. The van der Waals surface area contributed by atoms with E-state index in [1.54, 1.807) is 21.1 Å². The standard InChI is InChI=1S/C59H97NO7/c1-6-8-10-12-14-16-18-20-22-24-26-28-29-30-32-33-35-37-39-41-43-45-47-49-57(61)66-54-55(53-65-52-51-56(59(63)64)60(3,4)5)67-58(62)50-48-46-44-42-40-38-36-34-31-27-25-23-21-19-17-15-13-11-9-7-2/h8-11,14-17,20-23,26,28,30,32,35,37,55-56H,6-7,12-13,18-19,24-25,27,29,31,33-34,36,38-54H2,1-5H3/b10-8+,11-9+,16-14+,17-15+,22-20+,23-21+,28-26+,32-30+,37-35+. The van der Waals surface area contributed by atoms with Crippen molar-refractivity contribution in [1.29, 1.82) is 0 Å². The number of quaternary nitrogens is 1. The summed E-state index contributed by atoms with van der Waals surface area (Å²) in [5.74, 6) is -1.78. The molecule has 2 atom stereocenters. The minimum atomic E-state index is -1.13. The Morgan fingerprint density at radius 1 is 0.448 bits per heavy atom. The molecule has 380 valence electrons. The van der Waals surface area contributed by atoms with Gasteiger partial charge in [0.25, 0.3) is 0 Å². The van der Waals surface area contributed by atoms with Gasteiger partial charge in [-0.25, -0.2) is 0 Å². The van der Waals surface area contributed by atoms with E-state index in [0.29, 0.717) is 12.8 Å². The monoisotopic (exact) mass is 932 g/mol. The molecule has 0 aromatic carbocycles. The van der Waals surface area contributed by atoms with Crippen molar-refractivity contribution in [3.63, 3.8) is 0 Å². The van der Waals surface area contributed by atoms with Crippen molar-refractivity contribution in [1.82, 2.24) is 0 Å². The van der Waals surface area contributed by atoms with E-state index in [1.165, 1.54) is 51.4 Å². The van der Waals surface area contributed by atoms with Crippen LogP contribution in [0.1, 0.15) is 194 Å². The summed E-state index contributed by atoms with van der Waals surface area (Å²) in [5, 5.41) is 11.7. The zero-order valence-electron chi connectivity index (χ0n) is 43.3. The number of carboxylic acid groups (broad SMARTS) is 1. The first-order chi connectivity index (χ1) is 32.6. The molecule has 0 rings (SSSR count). The minimum absolute atomic E-state index is 0.0241. The highest BCUT2D eigenvalue weighted by molar-refractivity contribution is 5.70. The molecule has 0 bridgehead atoms. The van der Waals surface area contributed by atoms with Crippen LogP contribution in [0.5, 0.6) is 0 Å². The number of hydrogen-bond donors (Lipinski definition) is 0. The number of unbranched alkanes of at least 4 members (excludes halogenated alkanes) is 14. The molecule has 0 saturated carbocycles. The van der Waals surface area contributed by atoms with Gasteiger partial charge in [-0.15, -0.1) is 0 Å². The molecule has 0 radical (unpaired) electrons. The van der Waals surface area contributed by atoms with Crippen LogP contribution in [0.15, 0.2) is 109 Å². The molecule has 0 aliphatic rings. The van der Waals surface area contributed by atoms with E-state index in [1.807, 2.05) is 0 Å². The summed E-state index contributed by atoms with van der Waals surface area (Å²) in [5.41, 5.74) is 0. The molecule has 0 spiro atoms. The zero-order valence-corrected chi connectivity index (χ0v) is 43.3. The maximum atomic E-state index is 12.8. The lowest BCUT2D eigenvalue weighted by atomic mass is 10.0. The van der Waals surface area contributed by atoms with Crippen LogP contribution in [0.25, 0.3) is 0 Å². The second kappa shape index (κ2) is 48.4. The zero-order chi connectivity index (χ0) is 49.2. The lowest BCUT2D eigenvalue weighted by molar-refractivity contribution is -0.889. The second-order valence-corrected chi connectivity index (χ2v) is 18.3. The Bertz CT molecular complexity index is 1460. The summed E-state index contributed by atoms with van der Waals surface area (Å²) >= 11 is 0. The first-order valence-corrected chi connectivity index (χ1v) is 26.4. The second-order valence-electron chi connectivity index (χ2n) is 18.3. The minimum Gasteiger partial charge on any atom is -0.544 e. The van der Waals surface area contributed by atoms with Gasteiger partial charge in [0.15, 0.2) is 6.10 Å². The molecule has 67 heavy (non-hydrogen) atoms. The van der Waals surface area contributed by atoms with Crippen LogP contribution in [0.4, 0.5) is 0 Å².